The molecule has 1 unspecified atom stereocenters. The van der Waals surface area contributed by atoms with Crippen LogP contribution in [0.5, 0.6) is 5.75 Å². The Morgan fingerprint density at radius 1 is 1.50 bits per heavy atom. The molecule has 0 fully saturated rings. The predicted octanol–water partition coefficient (Wildman–Crippen LogP) is 1.72. The van der Waals surface area contributed by atoms with Gasteiger partial charge in [-0.05, 0) is 19.1 Å². The third-order valence-electron chi connectivity index (χ3n) is 2.30. The van der Waals surface area contributed by atoms with Crippen LogP contribution in [0, 0.1) is 5.82 Å². The van der Waals surface area contributed by atoms with Crippen LogP contribution in [0.25, 0.3) is 0 Å². The molecule has 1 atom stereocenters. The molecule has 0 heterocycles. The normalized spacial score (nSPS) is 12.2. The number of nitrogens with two attached hydrogens (primary N) is 1. The van der Waals surface area contributed by atoms with Crippen LogP contribution < -0.4 is 15.8 Å². The average molecular weight is 313 g/mol. The second-order valence-electron chi connectivity index (χ2n) is 4.00. The van der Waals surface area contributed by atoms with Crippen molar-refractivity contribution in [3.8, 4) is 5.75 Å². The number of hydrogen-bond acceptors (Lipinski definition) is 3. The Morgan fingerprint density at radius 3 is 2.70 bits per heavy atom. The van der Waals surface area contributed by atoms with E-state index in [0.717, 1.165) is 6.07 Å². The number of rotatable bonds is 6. The maximum Gasteiger partial charge on any atom is 0.277 e. The molecule has 4 nitrogen and oxygen atoms in total. The number of amides is 1. The smallest absolute Gasteiger partial charge is 0.277 e. The van der Waals surface area contributed by atoms with E-state index >= 15 is 0 Å². The Balaban J connectivity index is 0.00000361. The van der Waals surface area contributed by atoms with Gasteiger partial charge in [0.05, 0.1) is 13.1 Å². The molecule has 0 aliphatic rings. The molecule has 1 amide bonds. The third kappa shape index (κ3) is 6.12. The summed E-state index contributed by atoms with van der Waals surface area (Å²) >= 11 is 0. The number of hydrogen-bond donors (Lipinski definition) is 2. The van der Waals surface area contributed by atoms with Crippen LogP contribution in [0.3, 0.4) is 0 Å². The summed E-state index contributed by atoms with van der Waals surface area (Å²) in [5.41, 5.74) is 4.83. The molecule has 0 aliphatic carbocycles. The zero-order valence-corrected chi connectivity index (χ0v) is 11.6. The Hall–Kier alpha value is -1.47. The highest BCUT2D eigenvalue weighted by Crippen LogP contribution is 2.14. The Kier molecular flexibility index (Phi) is 7.38. The molecule has 1 aromatic rings. The van der Waals surface area contributed by atoms with Gasteiger partial charge in [0.25, 0.3) is 11.8 Å². The van der Waals surface area contributed by atoms with Crippen molar-refractivity contribution in [1.29, 1.82) is 0 Å². The van der Waals surface area contributed by atoms with Crippen molar-refractivity contribution in [2.45, 2.75) is 19.0 Å². The number of benzene rings is 1. The van der Waals surface area contributed by atoms with Crippen LogP contribution in [-0.2, 0) is 4.79 Å². The molecule has 0 spiro atoms. The van der Waals surface area contributed by atoms with Gasteiger partial charge in [0.15, 0.2) is 6.10 Å². The van der Waals surface area contributed by atoms with Gasteiger partial charge < -0.3 is 15.8 Å². The average Bonchev–Trinajstić information content (AvgIpc) is 2.36. The van der Waals surface area contributed by atoms with Crippen LogP contribution in [-0.4, -0.2) is 31.0 Å². The molecule has 0 saturated carbocycles. The van der Waals surface area contributed by atoms with Crippen LogP contribution in [0.2, 0.25) is 0 Å². The molecule has 1 rings (SSSR count). The predicted molar refractivity (Wildman–Crippen MR) is 70.7 cm³/mol. The van der Waals surface area contributed by atoms with Gasteiger partial charge in [-0.15, -0.1) is 12.4 Å². The van der Waals surface area contributed by atoms with Crippen molar-refractivity contribution in [3.05, 3.63) is 30.1 Å². The Morgan fingerprint density at radius 2 is 2.15 bits per heavy atom. The van der Waals surface area contributed by atoms with E-state index in [4.69, 9.17) is 10.5 Å². The largest absolute Gasteiger partial charge is 0.481 e. The van der Waals surface area contributed by atoms with E-state index in [0.29, 0.717) is 0 Å². The highest BCUT2D eigenvalue weighted by Gasteiger charge is 2.28. The van der Waals surface area contributed by atoms with E-state index < -0.39 is 36.8 Å². The minimum atomic E-state index is -3.16. The lowest BCUT2D eigenvalue weighted by Crippen LogP contribution is -2.45. The fraction of sp³-hybridized carbons (Fsp3) is 0.417. The third-order valence-corrected chi connectivity index (χ3v) is 2.30. The zero-order valence-electron chi connectivity index (χ0n) is 10.7. The Bertz CT molecular complexity index is 446. The number of carbonyl (C=O) groups is 1. The van der Waals surface area contributed by atoms with Crippen molar-refractivity contribution in [3.63, 3.8) is 0 Å². The monoisotopic (exact) mass is 312 g/mol. The van der Waals surface area contributed by atoms with Crippen molar-refractivity contribution >= 4 is 18.3 Å². The molecule has 8 heteroatoms. The standard InChI is InChI=1S/C12H15F3N2O2.ClH/c1-8(11(18)17-7-12(14,15)6-16)19-10-4-2-3-9(13)5-10;/h2-5,8H,6-7,16H2,1H3,(H,17,18);1H. The summed E-state index contributed by atoms with van der Waals surface area (Å²) in [7, 11) is 0. The lowest BCUT2D eigenvalue weighted by Gasteiger charge is -2.18. The summed E-state index contributed by atoms with van der Waals surface area (Å²) in [4.78, 5) is 11.5. The Labute approximate surface area is 120 Å². The first-order valence-electron chi connectivity index (χ1n) is 5.62. The van der Waals surface area contributed by atoms with Crippen molar-refractivity contribution < 1.29 is 22.7 Å². The molecule has 1 aromatic carbocycles. The van der Waals surface area contributed by atoms with Gasteiger partial charge in [-0.2, -0.15) is 0 Å². The minimum Gasteiger partial charge on any atom is -0.481 e. The molecular formula is C12H16ClF3N2O2. The molecule has 20 heavy (non-hydrogen) atoms. The second-order valence-corrected chi connectivity index (χ2v) is 4.00. The molecule has 114 valence electrons. The van der Waals surface area contributed by atoms with Crippen LogP contribution in [0.4, 0.5) is 13.2 Å². The van der Waals surface area contributed by atoms with Gasteiger partial charge in [-0.25, -0.2) is 13.2 Å². The molecule has 0 radical (unpaired) electrons. The minimum absolute atomic E-state index is 0. The molecule has 0 aliphatic heterocycles. The maximum absolute atomic E-state index is 12.9. The van der Waals surface area contributed by atoms with E-state index in [1.807, 2.05) is 5.32 Å². The van der Waals surface area contributed by atoms with E-state index in [1.165, 1.54) is 25.1 Å². The molecule has 0 saturated heterocycles. The number of halogens is 4. The van der Waals surface area contributed by atoms with Gasteiger partial charge in [0.1, 0.15) is 11.6 Å². The number of nitrogens with one attached hydrogen (secondary N) is 1. The van der Waals surface area contributed by atoms with Gasteiger partial charge >= 0.3 is 0 Å². The maximum atomic E-state index is 12.9. The lowest BCUT2D eigenvalue weighted by atomic mass is 10.3. The fourth-order valence-electron chi connectivity index (χ4n) is 1.23. The molecule has 0 aromatic heterocycles. The van der Waals surface area contributed by atoms with Gasteiger partial charge in [0.2, 0.25) is 0 Å². The van der Waals surface area contributed by atoms with Crippen molar-refractivity contribution in [2.24, 2.45) is 5.73 Å². The highest BCUT2D eigenvalue weighted by molar-refractivity contribution is 5.85. The summed E-state index contributed by atoms with van der Waals surface area (Å²) in [6.45, 7) is -0.341. The van der Waals surface area contributed by atoms with Crippen LogP contribution >= 0.6 is 12.4 Å². The lowest BCUT2D eigenvalue weighted by molar-refractivity contribution is -0.129. The van der Waals surface area contributed by atoms with Gasteiger partial charge in [0, 0.05) is 6.07 Å². The summed E-state index contributed by atoms with van der Waals surface area (Å²) in [6, 6.07) is 5.19. The topological polar surface area (TPSA) is 64.3 Å². The summed E-state index contributed by atoms with van der Waals surface area (Å²) in [5, 5.41) is 2.02. The quantitative estimate of drug-likeness (QED) is 0.841. The van der Waals surface area contributed by atoms with Crippen molar-refractivity contribution in [2.75, 3.05) is 13.1 Å². The van der Waals surface area contributed by atoms with Gasteiger partial charge in [-0.1, -0.05) is 6.07 Å². The SMILES string of the molecule is CC(Oc1cccc(F)c1)C(=O)NCC(F)(F)CN.Cl. The zero-order chi connectivity index (χ0) is 14.5. The van der Waals surface area contributed by atoms with E-state index in [2.05, 4.69) is 0 Å². The molecule has 3 N–H and O–H groups in total. The van der Waals surface area contributed by atoms with E-state index in [9.17, 15) is 18.0 Å². The van der Waals surface area contributed by atoms with Crippen LogP contribution in [0.1, 0.15) is 6.92 Å². The number of ether oxygens (including phenoxy) is 1. The van der Waals surface area contributed by atoms with Crippen LogP contribution in [0.15, 0.2) is 24.3 Å². The van der Waals surface area contributed by atoms with Crippen molar-refractivity contribution in [1.82, 2.24) is 5.32 Å². The molecule has 0 bridgehead atoms. The summed E-state index contributed by atoms with van der Waals surface area (Å²) in [6.07, 6.45) is -1.02. The highest BCUT2D eigenvalue weighted by atomic mass is 35.5. The summed E-state index contributed by atoms with van der Waals surface area (Å²) < 4.78 is 43.7. The first-order valence-corrected chi connectivity index (χ1v) is 5.62. The first-order chi connectivity index (χ1) is 8.84. The van der Waals surface area contributed by atoms with Gasteiger partial charge in [-0.3, -0.25) is 4.79 Å². The summed E-state index contributed by atoms with van der Waals surface area (Å²) in [5.74, 6) is -4.25. The van der Waals surface area contributed by atoms with E-state index in [-0.39, 0.29) is 18.2 Å². The van der Waals surface area contributed by atoms with E-state index in [1.54, 1.807) is 0 Å². The molecular weight excluding hydrogens is 297 g/mol. The number of alkyl halides is 2. The first kappa shape index (κ1) is 18.5. The number of carbonyl (C=O) groups excluding carboxylic acids is 1. The second kappa shape index (κ2) is 7.96. The fourth-order valence-corrected chi connectivity index (χ4v) is 1.23.